The number of aryl methyl sites for hydroxylation is 2. The zero-order chi connectivity index (χ0) is 12.0. The molecule has 1 unspecified atom stereocenters. The standard InChI is InChI=1S/C12H22N3P/c1-4-11-9(2)14-10(3)15-12(11)13-7-5-6-8-16/h4-8,16H2,1-3H3,(H,13,14,15). The Morgan fingerprint density at radius 2 is 1.94 bits per heavy atom. The smallest absolute Gasteiger partial charge is 0.133 e. The fourth-order valence-corrected chi connectivity index (χ4v) is 2.07. The van der Waals surface area contributed by atoms with Crippen LogP contribution in [0.2, 0.25) is 0 Å². The van der Waals surface area contributed by atoms with Crippen LogP contribution in [0.1, 0.15) is 36.8 Å². The molecule has 0 spiro atoms. The molecule has 4 heteroatoms. The molecular formula is C12H22N3P. The van der Waals surface area contributed by atoms with Crippen LogP contribution in [0.15, 0.2) is 0 Å². The van der Waals surface area contributed by atoms with Crippen LogP contribution < -0.4 is 5.32 Å². The van der Waals surface area contributed by atoms with Crippen LogP contribution in [0.5, 0.6) is 0 Å². The number of hydrogen-bond donors (Lipinski definition) is 1. The third kappa shape index (κ3) is 3.71. The predicted molar refractivity (Wildman–Crippen MR) is 73.2 cm³/mol. The van der Waals surface area contributed by atoms with Crippen molar-refractivity contribution in [3.63, 3.8) is 0 Å². The van der Waals surface area contributed by atoms with Crippen LogP contribution in [-0.2, 0) is 6.42 Å². The second-order valence-electron chi connectivity index (χ2n) is 3.96. The molecule has 1 atom stereocenters. The van der Waals surface area contributed by atoms with Gasteiger partial charge >= 0.3 is 0 Å². The average molecular weight is 239 g/mol. The number of nitrogens with one attached hydrogen (secondary N) is 1. The number of anilines is 1. The first-order chi connectivity index (χ1) is 7.69. The molecule has 0 radical (unpaired) electrons. The van der Waals surface area contributed by atoms with Gasteiger partial charge in [0.05, 0.1) is 0 Å². The lowest BCUT2D eigenvalue weighted by atomic mass is 10.1. The predicted octanol–water partition coefficient (Wildman–Crippen LogP) is 2.72. The third-order valence-electron chi connectivity index (χ3n) is 2.60. The number of unbranched alkanes of at least 4 members (excludes halogenated alkanes) is 1. The van der Waals surface area contributed by atoms with Crippen molar-refractivity contribution in [2.45, 2.75) is 40.0 Å². The SMILES string of the molecule is CCc1c(C)nc(C)nc1NCCCCP. The van der Waals surface area contributed by atoms with Crippen molar-refractivity contribution in [1.82, 2.24) is 9.97 Å². The monoisotopic (exact) mass is 239 g/mol. The third-order valence-corrected chi connectivity index (χ3v) is 3.01. The first-order valence-corrected chi connectivity index (χ1v) is 6.78. The van der Waals surface area contributed by atoms with E-state index in [1.54, 1.807) is 0 Å². The number of aromatic nitrogens is 2. The van der Waals surface area contributed by atoms with Crippen LogP contribution in [0.3, 0.4) is 0 Å². The summed E-state index contributed by atoms with van der Waals surface area (Å²) in [6.07, 6.45) is 4.58. The molecule has 1 aromatic heterocycles. The van der Waals surface area contributed by atoms with Crippen molar-refractivity contribution in [3.8, 4) is 0 Å². The van der Waals surface area contributed by atoms with Gasteiger partial charge in [0.2, 0.25) is 0 Å². The van der Waals surface area contributed by atoms with E-state index in [1.165, 1.54) is 24.6 Å². The lowest BCUT2D eigenvalue weighted by molar-refractivity contribution is 0.831. The van der Waals surface area contributed by atoms with Crippen molar-refractivity contribution in [2.75, 3.05) is 18.0 Å². The number of nitrogens with zero attached hydrogens (tertiary/aromatic N) is 2. The van der Waals surface area contributed by atoms with E-state index in [4.69, 9.17) is 0 Å². The highest BCUT2D eigenvalue weighted by molar-refractivity contribution is 7.16. The van der Waals surface area contributed by atoms with Gasteiger partial charge in [0.15, 0.2) is 0 Å². The highest BCUT2D eigenvalue weighted by atomic mass is 31.0. The molecule has 0 saturated carbocycles. The molecule has 0 bridgehead atoms. The molecule has 1 aromatic rings. The van der Waals surface area contributed by atoms with Gasteiger partial charge in [-0.3, -0.25) is 0 Å². The molecule has 1 N–H and O–H groups in total. The molecule has 1 heterocycles. The van der Waals surface area contributed by atoms with Crippen LogP contribution in [0.4, 0.5) is 5.82 Å². The van der Waals surface area contributed by atoms with Crippen LogP contribution in [0, 0.1) is 13.8 Å². The van der Waals surface area contributed by atoms with Crippen molar-refractivity contribution in [1.29, 1.82) is 0 Å². The normalized spacial score (nSPS) is 10.5. The quantitative estimate of drug-likeness (QED) is 0.612. The van der Waals surface area contributed by atoms with Gasteiger partial charge in [-0.2, -0.15) is 0 Å². The molecule has 3 nitrogen and oxygen atoms in total. The summed E-state index contributed by atoms with van der Waals surface area (Å²) >= 11 is 0. The summed E-state index contributed by atoms with van der Waals surface area (Å²) in [5, 5.41) is 3.42. The number of hydrogen-bond acceptors (Lipinski definition) is 3. The minimum atomic E-state index is 0.850. The van der Waals surface area contributed by atoms with E-state index in [0.717, 1.165) is 30.3 Å². The van der Waals surface area contributed by atoms with Crippen molar-refractivity contribution >= 4 is 15.1 Å². The fourth-order valence-electron chi connectivity index (χ4n) is 1.78. The second kappa shape index (κ2) is 6.80. The zero-order valence-corrected chi connectivity index (χ0v) is 11.7. The van der Waals surface area contributed by atoms with E-state index in [9.17, 15) is 0 Å². The fraction of sp³-hybridized carbons (Fsp3) is 0.667. The summed E-state index contributed by atoms with van der Waals surface area (Å²) in [5.74, 6) is 1.87. The summed E-state index contributed by atoms with van der Waals surface area (Å²) in [4.78, 5) is 8.87. The average Bonchev–Trinajstić information content (AvgIpc) is 2.24. The van der Waals surface area contributed by atoms with Gasteiger partial charge in [0.1, 0.15) is 11.6 Å². The van der Waals surface area contributed by atoms with Crippen LogP contribution in [0.25, 0.3) is 0 Å². The second-order valence-corrected chi connectivity index (χ2v) is 4.54. The van der Waals surface area contributed by atoms with Gasteiger partial charge in [0, 0.05) is 17.8 Å². The van der Waals surface area contributed by atoms with Crippen LogP contribution in [-0.4, -0.2) is 22.7 Å². The van der Waals surface area contributed by atoms with Crippen molar-refractivity contribution in [2.24, 2.45) is 0 Å². The summed E-state index contributed by atoms with van der Waals surface area (Å²) in [5.41, 5.74) is 2.35. The topological polar surface area (TPSA) is 37.8 Å². The van der Waals surface area contributed by atoms with Gasteiger partial charge in [-0.1, -0.05) is 6.92 Å². The highest BCUT2D eigenvalue weighted by Gasteiger charge is 2.07. The Balaban J connectivity index is 2.69. The lowest BCUT2D eigenvalue weighted by Crippen LogP contribution is -2.09. The van der Waals surface area contributed by atoms with Crippen molar-refractivity contribution in [3.05, 3.63) is 17.1 Å². The summed E-state index contributed by atoms with van der Waals surface area (Å²) < 4.78 is 0. The molecular weight excluding hydrogens is 217 g/mol. The first-order valence-electron chi connectivity index (χ1n) is 5.97. The molecule has 0 amide bonds. The first kappa shape index (κ1) is 13.4. The maximum absolute atomic E-state index is 4.48. The largest absolute Gasteiger partial charge is 0.370 e. The molecule has 0 saturated heterocycles. The minimum Gasteiger partial charge on any atom is -0.370 e. The Hall–Kier alpha value is -0.690. The summed E-state index contributed by atoms with van der Waals surface area (Å²) in [6.45, 7) is 7.15. The molecule has 0 aromatic carbocycles. The summed E-state index contributed by atoms with van der Waals surface area (Å²) in [7, 11) is 2.76. The zero-order valence-electron chi connectivity index (χ0n) is 10.5. The Labute approximate surface area is 101 Å². The molecule has 1 rings (SSSR count). The maximum atomic E-state index is 4.48. The van der Waals surface area contributed by atoms with Gasteiger partial charge < -0.3 is 5.32 Å². The van der Waals surface area contributed by atoms with Gasteiger partial charge in [-0.05, 0) is 39.3 Å². The molecule has 0 aliphatic rings. The van der Waals surface area contributed by atoms with E-state index in [1.807, 2.05) is 6.92 Å². The van der Waals surface area contributed by atoms with E-state index >= 15 is 0 Å². The molecule has 0 fully saturated rings. The number of rotatable bonds is 6. The van der Waals surface area contributed by atoms with Gasteiger partial charge in [0.25, 0.3) is 0 Å². The Morgan fingerprint density at radius 3 is 2.56 bits per heavy atom. The molecule has 90 valence electrons. The Kier molecular flexibility index (Phi) is 5.68. The van der Waals surface area contributed by atoms with Crippen molar-refractivity contribution < 1.29 is 0 Å². The Bertz CT molecular complexity index is 339. The van der Waals surface area contributed by atoms with Gasteiger partial charge in [-0.15, -0.1) is 9.24 Å². The summed E-state index contributed by atoms with van der Waals surface area (Å²) in [6, 6.07) is 0. The van der Waals surface area contributed by atoms with E-state index in [0.29, 0.717) is 0 Å². The Morgan fingerprint density at radius 1 is 1.19 bits per heavy atom. The highest BCUT2D eigenvalue weighted by Crippen LogP contribution is 2.16. The van der Waals surface area contributed by atoms with Crippen LogP contribution >= 0.6 is 9.24 Å². The molecule has 16 heavy (non-hydrogen) atoms. The lowest BCUT2D eigenvalue weighted by Gasteiger charge is -2.12. The maximum Gasteiger partial charge on any atom is 0.133 e. The molecule has 0 aliphatic heterocycles. The minimum absolute atomic E-state index is 0.850. The van der Waals surface area contributed by atoms with E-state index in [2.05, 4.69) is 38.4 Å². The van der Waals surface area contributed by atoms with E-state index < -0.39 is 0 Å². The molecule has 0 aliphatic carbocycles. The van der Waals surface area contributed by atoms with Gasteiger partial charge in [-0.25, -0.2) is 9.97 Å². The van der Waals surface area contributed by atoms with E-state index in [-0.39, 0.29) is 0 Å².